The van der Waals surface area contributed by atoms with Gasteiger partial charge in [-0.25, -0.2) is 0 Å². The summed E-state index contributed by atoms with van der Waals surface area (Å²) in [6, 6.07) is 10.7. The number of hydrogen-bond acceptors (Lipinski definition) is 4. The molecule has 0 N–H and O–H groups in total. The van der Waals surface area contributed by atoms with E-state index in [-0.39, 0.29) is 11.8 Å². The van der Waals surface area contributed by atoms with Gasteiger partial charge in [0, 0.05) is 6.54 Å². The van der Waals surface area contributed by atoms with E-state index in [1.807, 2.05) is 12.1 Å². The number of fused-ring (bicyclic) bond motifs is 1. The van der Waals surface area contributed by atoms with Gasteiger partial charge in [0.2, 0.25) is 0 Å². The highest BCUT2D eigenvalue weighted by atomic mass is 127. The molecule has 0 saturated carbocycles. The van der Waals surface area contributed by atoms with Crippen LogP contribution in [0, 0.1) is 3.57 Å². The molecule has 2 aromatic carbocycles. The Kier molecular flexibility index (Phi) is 4.75. The van der Waals surface area contributed by atoms with E-state index < -0.39 is 0 Å². The van der Waals surface area contributed by atoms with Crippen LogP contribution >= 0.6 is 22.6 Å². The summed E-state index contributed by atoms with van der Waals surface area (Å²) in [4.78, 5) is 26.1. The standard InChI is InChI=1S/C18H16INO4/c1-23-14-8-7-11(15(19)16(14)24-2)9-10-20-17(21)12-5-3-4-6-13(12)18(20)22/h3-8H,9-10H2,1-2H3. The Labute approximate surface area is 153 Å². The van der Waals surface area contributed by atoms with Gasteiger partial charge in [0.15, 0.2) is 11.5 Å². The predicted molar refractivity (Wildman–Crippen MR) is 97.8 cm³/mol. The van der Waals surface area contributed by atoms with Crippen LogP contribution in [0.25, 0.3) is 0 Å². The first-order valence-electron chi connectivity index (χ1n) is 7.43. The zero-order valence-electron chi connectivity index (χ0n) is 13.3. The minimum atomic E-state index is -0.230. The molecule has 0 radical (unpaired) electrons. The molecule has 0 unspecified atom stereocenters. The van der Waals surface area contributed by atoms with Crippen molar-refractivity contribution in [1.29, 1.82) is 0 Å². The number of hydrogen-bond donors (Lipinski definition) is 0. The Morgan fingerprint density at radius 2 is 1.58 bits per heavy atom. The summed E-state index contributed by atoms with van der Waals surface area (Å²) in [5, 5.41) is 0. The molecule has 1 aliphatic rings. The van der Waals surface area contributed by atoms with Crippen molar-refractivity contribution in [3.63, 3.8) is 0 Å². The molecule has 0 bridgehead atoms. The summed E-state index contributed by atoms with van der Waals surface area (Å²) in [5.41, 5.74) is 1.96. The fraction of sp³-hybridized carbons (Fsp3) is 0.222. The average molecular weight is 437 g/mol. The number of halogens is 1. The van der Waals surface area contributed by atoms with Crippen LogP contribution in [0.15, 0.2) is 36.4 Å². The molecule has 0 atom stereocenters. The van der Waals surface area contributed by atoms with Crippen molar-refractivity contribution in [3.05, 3.63) is 56.7 Å². The zero-order valence-corrected chi connectivity index (χ0v) is 15.5. The van der Waals surface area contributed by atoms with E-state index in [0.29, 0.717) is 35.6 Å². The van der Waals surface area contributed by atoms with Crippen molar-refractivity contribution in [2.75, 3.05) is 20.8 Å². The van der Waals surface area contributed by atoms with Crippen LogP contribution in [-0.2, 0) is 6.42 Å². The maximum atomic E-state index is 12.4. The minimum absolute atomic E-state index is 0.230. The van der Waals surface area contributed by atoms with E-state index in [0.717, 1.165) is 9.13 Å². The van der Waals surface area contributed by atoms with Crippen LogP contribution in [-0.4, -0.2) is 37.5 Å². The van der Waals surface area contributed by atoms with Crippen molar-refractivity contribution in [3.8, 4) is 11.5 Å². The van der Waals surface area contributed by atoms with Gasteiger partial charge in [0.25, 0.3) is 11.8 Å². The fourth-order valence-electron chi connectivity index (χ4n) is 2.80. The van der Waals surface area contributed by atoms with E-state index in [2.05, 4.69) is 22.6 Å². The number of benzene rings is 2. The lowest BCUT2D eigenvalue weighted by Gasteiger charge is -2.16. The van der Waals surface area contributed by atoms with Gasteiger partial charge >= 0.3 is 0 Å². The highest BCUT2D eigenvalue weighted by molar-refractivity contribution is 14.1. The molecule has 1 heterocycles. The van der Waals surface area contributed by atoms with E-state index in [1.54, 1.807) is 38.5 Å². The Balaban J connectivity index is 1.80. The van der Waals surface area contributed by atoms with Gasteiger partial charge in [0.1, 0.15) is 0 Å². The molecule has 0 saturated heterocycles. The zero-order chi connectivity index (χ0) is 17.3. The van der Waals surface area contributed by atoms with Gasteiger partial charge < -0.3 is 9.47 Å². The molecule has 0 spiro atoms. The first kappa shape index (κ1) is 16.8. The van der Waals surface area contributed by atoms with E-state index in [4.69, 9.17) is 9.47 Å². The summed E-state index contributed by atoms with van der Waals surface area (Å²) in [6.45, 7) is 0.331. The molecular weight excluding hydrogens is 421 g/mol. The molecule has 124 valence electrons. The van der Waals surface area contributed by atoms with Gasteiger partial charge in [-0.15, -0.1) is 0 Å². The number of carbonyl (C=O) groups is 2. The normalized spacial score (nSPS) is 13.2. The lowest BCUT2D eigenvalue weighted by atomic mass is 10.1. The highest BCUT2D eigenvalue weighted by Gasteiger charge is 2.34. The third kappa shape index (κ3) is 2.75. The summed E-state index contributed by atoms with van der Waals surface area (Å²) in [7, 11) is 3.18. The van der Waals surface area contributed by atoms with Crippen LogP contribution in [0.2, 0.25) is 0 Å². The number of carbonyl (C=O) groups excluding carboxylic acids is 2. The van der Waals surface area contributed by atoms with Crippen molar-refractivity contribution < 1.29 is 19.1 Å². The van der Waals surface area contributed by atoms with Crippen molar-refractivity contribution >= 4 is 34.4 Å². The van der Waals surface area contributed by atoms with E-state index in [1.165, 1.54) is 4.90 Å². The molecule has 0 fully saturated rings. The molecule has 1 aliphatic heterocycles. The molecule has 6 heteroatoms. The van der Waals surface area contributed by atoms with Gasteiger partial charge in [-0.3, -0.25) is 14.5 Å². The van der Waals surface area contributed by atoms with Crippen LogP contribution < -0.4 is 9.47 Å². The van der Waals surface area contributed by atoms with E-state index in [9.17, 15) is 9.59 Å². The Morgan fingerprint density at radius 3 is 2.12 bits per heavy atom. The Hall–Kier alpha value is -2.09. The predicted octanol–water partition coefficient (Wildman–Crippen LogP) is 3.15. The molecule has 2 aromatic rings. The minimum Gasteiger partial charge on any atom is -0.493 e. The SMILES string of the molecule is COc1ccc(CCN2C(=O)c3ccccc3C2=O)c(I)c1OC. The lowest BCUT2D eigenvalue weighted by molar-refractivity contribution is 0.0656. The third-order valence-electron chi connectivity index (χ3n) is 4.05. The second-order valence-corrected chi connectivity index (χ2v) is 6.41. The molecule has 0 aromatic heterocycles. The van der Waals surface area contributed by atoms with Crippen LogP contribution in [0.1, 0.15) is 26.3 Å². The number of imide groups is 1. The molecule has 0 aliphatic carbocycles. The summed E-state index contributed by atoms with van der Waals surface area (Å²) in [6.07, 6.45) is 0.560. The Bertz CT molecular complexity index is 784. The lowest BCUT2D eigenvalue weighted by Crippen LogP contribution is -2.31. The smallest absolute Gasteiger partial charge is 0.261 e. The average Bonchev–Trinajstić information content (AvgIpc) is 2.85. The summed E-state index contributed by atoms with van der Waals surface area (Å²) in [5.74, 6) is 0.863. The quantitative estimate of drug-likeness (QED) is 0.533. The number of ether oxygens (including phenoxy) is 2. The fourth-order valence-corrected chi connectivity index (χ4v) is 3.73. The van der Waals surface area contributed by atoms with Gasteiger partial charge in [-0.2, -0.15) is 0 Å². The maximum absolute atomic E-state index is 12.4. The van der Waals surface area contributed by atoms with Crippen molar-refractivity contribution in [2.45, 2.75) is 6.42 Å². The number of amides is 2. The number of rotatable bonds is 5. The number of nitrogens with zero attached hydrogens (tertiary/aromatic N) is 1. The van der Waals surface area contributed by atoms with Gasteiger partial charge in [0.05, 0.1) is 28.9 Å². The van der Waals surface area contributed by atoms with Gasteiger partial charge in [-0.05, 0) is 52.8 Å². The first-order valence-corrected chi connectivity index (χ1v) is 8.51. The largest absolute Gasteiger partial charge is 0.493 e. The number of methoxy groups -OCH3 is 2. The molecular formula is C18H16INO4. The van der Waals surface area contributed by atoms with Crippen LogP contribution in [0.3, 0.4) is 0 Å². The second kappa shape index (κ2) is 6.80. The van der Waals surface area contributed by atoms with E-state index >= 15 is 0 Å². The highest BCUT2D eigenvalue weighted by Crippen LogP contribution is 2.35. The Morgan fingerprint density at radius 1 is 0.958 bits per heavy atom. The molecule has 2 amide bonds. The van der Waals surface area contributed by atoms with Crippen LogP contribution in [0.5, 0.6) is 11.5 Å². The van der Waals surface area contributed by atoms with Crippen LogP contribution in [0.4, 0.5) is 0 Å². The molecule has 24 heavy (non-hydrogen) atoms. The summed E-state index contributed by atoms with van der Waals surface area (Å²) < 4.78 is 11.6. The third-order valence-corrected chi connectivity index (χ3v) is 5.23. The summed E-state index contributed by atoms with van der Waals surface area (Å²) >= 11 is 2.19. The second-order valence-electron chi connectivity index (χ2n) is 5.33. The first-order chi connectivity index (χ1) is 11.6. The molecule has 3 rings (SSSR count). The van der Waals surface area contributed by atoms with Gasteiger partial charge in [-0.1, -0.05) is 18.2 Å². The van der Waals surface area contributed by atoms with Crippen molar-refractivity contribution in [1.82, 2.24) is 4.90 Å². The van der Waals surface area contributed by atoms with Crippen molar-refractivity contribution in [2.24, 2.45) is 0 Å². The topological polar surface area (TPSA) is 55.8 Å². The monoisotopic (exact) mass is 437 g/mol. The maximum Gasteiger partial charge on any atom is 0.261 e. The molecule has 5 nitrogen and oxygen atoms in total.